The summed E-state index contributed by atoms with van der Waals surface area (Å²) >= 11 is 7.14. The van der Waals surface area contributed by atoms with E-state index in [0.717, 1.165) is 31.2 Å². The highest BCUT2D eigenvalue weighted by Gasteiger charge is 2.21. The third-order valence-corrected chi connectivity index (χ3v) is 3.36. The van der Waals surface area contributed by atoms with Gasteiger partial charge in [0.1, 0.15) is 5.01 Å². The fourth-order valence-electron chi connectivity index (χ4n) is 1.51. The lowest BCUT2D eigenvalue weighted by molar-refractivity contribution is 0.156. The van der Waals surface area contributed by atoms with E-state index >= 15 is 0 Å². The lowest BCUT2D eigenvalue weighted by atomic mass is 10.2. The molecule has 0 bridgehead atoms. The standard InChI is InChI=1S/C8H12ClN3OS/c1-12(6-2-3-13-5-6)4-7-10-11-8(9)14-7/h6H,2-5H2,1H3. The summed E-state index contributed by atoms with van der Waals surface area (Å²) in [6, 6.07) is 0.512. The summed E-state index contributed by atoms with van der Waals surface area (Å²) in [6.07, 6.45) is 1.10. The van der Waals surface area contributed by atoms with Crippen molar-refractivity contribution in [2.24, 2.45) is 0 Å². The van der Waals surface area contributed by atoms with E-state index in [-0.39, 0.29) is 0 Å². The molecule has 1 fully saturated rings. The van der Waals surface area contributed by atoms with Crippen LogP contribution in [0.3, 0.4) is 0 Å². The maximum Gasteiger partial charge on any atom is 0.207 e. The molecule has 0 radical (unpaired) electrons. The first-order valence-electron chi connectivity index (χ1n) is 4.51. The summed E-state index contributed by atoms with van der Waals surface area (Å²) in [5.74, 6) is 0. The topological polar surface area (TPSA) is 38.2 Å². The SMILES string of the molecule is CN(Cc1nnc(Cl)s1)C1CCOC1. The first-order valence-corrected chi connectivity index (χ1v) is 5.71. The van der Waals surface area contributed by atoms with Crippen molar-refractivity contribution in [1.82, 2.24) is 15.1 Å². The van der Waals surface area contributed by atoms with Crippen molar-refractivity contribution < 1.29 is 4.74 Å². The van der Waals surface area contributed by atoms with Gasteiger partial charge in [-0.05, 0) is 25.1 Å². The van der Waals surface area contributed by atoms with Crippen LogP contribution in [0, 0.1) is 0 Å². The molecule has 14 heavy (non-hydrogen) atoms. The van der Waals surface area contributed by atoms with E-state index in [9.17, 15) is 0 Å². The van der Waals surface area contributed by atoms with Crippen LogP contribution in [0.1, 0.15) is 11.4 Å². The predicted molar refractivity (Wildman–Crippen MR) is 55.6 cm³/mol. The minimum atomic E-state index is 0.510. The van der Waals surface area contributed by atoms with Crippen LogP contribution in [-0.2, 0) is 11.3 Å². The van der Waals surface area contributed by atoms with Gasteiger partial charge in [0.15, 0.2) is 0 Å². The second-order valence-electron chi connectivity index (χ2n) is 3.38. The molecule has 0 aromatic carbocycles. The van der Waals surface area contributed by atoms with Crippen molar-refractivity contribution in [2.45, 2.75) is 19.0 Å². The zero-order valence-electron chi connectivity index (χ0n) is 7.94. The first-order chi connectivity index (χ1) is 6.75. The van der Waals surface area contributed by atoms with Crippen LogP contribution in [0.5, 0.6) is 0 Å². The van der Waals surface area contributed by atoms with Gasteiger partial charge in [-0.2, -0.15) is 0 Å². The quantitative estimate of drug-likeness (QED) is 0.792. The van der Waals surface area contributed by atoms with Crippen LogP contribution < -0.4 is 0 Å². The Morgan fingerprint density at radius 1 is 1.64 bits per heavy atom. The average molecular weight is 234 g/mol. The van der Waals surface area contributed by atoms with E-state index < -0.39 is 0 Å². The molecule has 0 aliphatic carbocycles. The van der Waals surface area contributed by atoms with Gasteiger partial charge in [-0.3, -0.25) is 4.90 Å². The number of hydrogen-bond donors (Lipinski definition) is 0. The molecular weight excluding hydrogens is 222 g/mol. The van der Waals surface area contributed by atoms with Crippen LogP contribution in [0.4, 0.5) is 0 Å². The van der Waals surface area contributed by atoms with E-state index in [1.165, 1.54) is 11.3 Å². The Morgan fingerprint density at radius 3 is 3.07 bits per heavy atom. The minimum Gasteiger partial charge on any atom is -0.380 e. The summed E-state index contributed by atoms with van der Waals surface area (Å²) in [4.78, 5) is 2.24. The molecule has 6 heteroatoms. The molecule has 0 saturated carbocycles. The number of rotatable bonds is 3. The zero-order chi connectivity index (χ0) is 9.97. The van der Waals surface area contributed by atoms with Gasteiger partial charge < -0.3 is 4.74 Å². The van der Waals surface area contributed by atoms with Crippen LogP contribution in [0.25, 0.3) is 0 Å². The average Bonchev–Trinajstić information content (AvgIpc) is 2.75. The lowest BCUT2D eigenvalue weighted by Gasteiger charge is -2.20. The fraction of sp³-hybridized carbons (Fsp3) is 0.750. The van der Waals surface area contributed by atoms with E-state index in [4.69, 9.17) is 16.3 Å². The monoisotopic (exact) mass is 233 g/mol. The third-order valence-electron chi connectivity index (χ3n) is 2.36. The maximum absolute atomic E-state index is 5.71. The Balaban J connectivity index is 1.90. The van der Waals surface area contributed by atoms with Gasteiger partial charge in [-0.1, -0.05) is 11.3 Å². The Kier molecular flexibility index (Phi) is 3.33. The molecule has 1 aliphatic rings. The summed E-state index contributed by atoms with van der Waals surface area (Å²) in [5.41, 5.74) is 0. The summed E-state index contributed by atoms with van der Waals surface area (Å²) in [7, 11) is 2.08. The van der Waals surface area contributed by atoms with Gasteiger partial charge in [-0.25, -0.2) is 0 Å². The fourth-order valence-corrected chi connectivity index (χ4v) is 2.44. The molecule has 1 unspecified atom stereocenters. The molecule has 1 atom stereocenters. The highest BCUT2D eigenvalue weighted by molar-refractivity contribution is 7.15. The highest BCUT2D eigenvalue weighted by atomic mass is 35.5. The Bertz CT molecular complexity index is 301. The van der Waals surface area contributed by atoms with Crippen molar-refractivity contribution in [3.63, 3.8) is 0 Å². The number of halogens is 1. The normalized spacial score (nSPS) is 22.1. The zero-order valence-corrected chi connectivity index (χ0v) is 9.51. The van der Waals surface area contributed by atoms with Gasteiger partial charge in [0.2, 0.25) is 4.47 Å². The van der Waals surface area contributed by atoms with Gasteiger partial charge in [0.05, 0.1) is 13.2 Å². The Labute approximate surface area is 91.8 Å². The second kappa shape index (κ2) is 4.53. The van der Waals surface area contributed by atoms with Crippen LogP contribution in [0.2, 0.25) is 4.47 Å². The minimum absolute atomic E-state index is 0.510. The van der Waals surface area contributed by atoms with E-state index in [1.807, 2.05) is 0 Å². The van der Waals surface area contributed by atoms with Gasteiger partial charge in [-0.15, -0.1) is 10.2 Å². The van der Waals surface area contributed by atoms with Crippen molar-refractivity contribution in [1.29, 1.82) is 0 Å². The maximum atomic E-state index is 5.71. The van der Waals surface area contributed by atoms with E-state index in [2.05, 4.69) is 22.1 Å². The summed E-state index contributed by atoms with van der Waals surface area (Å²) < 4.78 is 5.83. The Morgan fingerprint density at radius 2 is 2.50 bits per heavy atom. The van der Waals surface area contributed by atoms with Gasteiger partial charge in [0, 0.05) is 12.6 Å². The highest BCUT2D eigenvalue weighted by Crippen LogP contribution is 2.18. The molecule has 0 spiro atoms. The van der Waals surface area contributed by atoms with Crippen molar-refractivity contribution >= 4 is 22.9 Å². The van der Waals surface area contributed by atoms with E-state index in [0.29, 0.717) is 10.5 Å². The van der Waals surface area contributed by atoms with Gasteiger partial charge >= 0.3 is 0 Å². The molecule has 1 saturated heterocycles. The van der Waals surface area contributed by atoms with Crippen molar-refractivity contribution in [3.05, 3.63) is 9.47 Å². The van der Waals surface area contributed by atoms with E-state index in [1.54, 1.807) is 0 Å². The number of nitrogens with zero attached hydrogens (tertiary/aromatic N) is 3. The number of aromatic nitrogens is 2. The molecule has 78 valence electrons. The molecule has 0 N–H and O–H groups in total. The molecule has 2 heterocycles. The molecule has 0 amide bonds. The molecular formula is C8H12ClN3OS. The van der Waals surface area contributed by atoms with Gasteiger partial charge in [0.25, 0.3) is 0 Å². The third kappa shape index (κ3) is 2.42. The lowest BCUT2D eigenvalue weighted by Crippen LogP contribution is -2.31. The van der Waals surface area contributed by atoms with Crippen molar-refractivity contribution in [3.8, 4) is 0 Å². The largest absolute Gasteiger partial charge is 0.380 e. The predicted octanol–water partition coefficient (Wildman–Crippen LogP) is 1.41. The number of ether oxygens (including phenoxy) is 1. The smallest absolute Gasteiger partial charge is 0.207 e. The number of likely N-dealkylation sites (N-methyl/N-ethyl adjacent to an activating group) is 1. The molecule has 1 aromatic heterocycles. The summed E-state index contributed by atoms with van der Waals surface area (Å²) in [6.45, 7) is 2.49. The Hall–Kier alpha value is -0.230. The van der Waals surface area contributed by atoms with Crippen LogP contribution >= 0.6 is 22.9 Å². The van der Waals surface area contributed by atoms with Crippen LogP contribution in [0.15, 0.2) is 0 Å². The molecule has 1 aromatic rings. The summed E-state index contributed by atoms with van der Waals surface area (Å²) in [5, 5.41) is 8.72. The number of hydrogen-bond acceptors (Lipinski definition) is 5. The second-order valence-corrected chi connectivity index (χ2v) is 5.03. The first kappa shape index (κ1) is 10.3. The molecule has 2 rings (SSSR count). The molecule has 4 nitrogen and oxygen atoms in total. The van der Waals surface area contributed by atoms with Crippen LogP contribution in [-0.4, -0.2) is 41.4 Å². The van der Waals surface area contributed by atoms with Crippen molar-refractivity contribution in [2.75, 3.05) is 20.3 Å². The molecule has 1 aliphatic heterocycles.